The number of rotatable bonds is 9. The fourth-order valence-electron chi connectivity index (χ4n) is 2.40. The number of nitrogens with one attached hydrogen (secondary N) is 1. The smallest absolute Gasteiger partial charge is 0.387 e. The van der Waals surface area contributed by atoms with Gasteiger partial charge in [0.25, 0.3) is 0 Å². The van der Waals surface area contributed by atoms with Crippen LogP contribution in [0.3, 0.4) is 0 Å². The largest absolute Gasteiger partial charge is 0.490 e. The molecule has 7 N–H and O–H groups in total. The summed E-state index contributed by atoms with van der Waals surface area (Å²) >= 11 is 4.75. The minimum atomic E-state index is -5.85. The fourth-order valence-corrected chi connectivity index (χ4v) is 5.60. The standard InChI is InChI=1S/C9H14N5O14P3S/c10-13-12-9(3-25-30(21,22)28-31(23,24)27-29(18,19)20)6(16)5(15)7(26-9)14-2-1-4(32)11-8(14)17/h1-2,5-7,15-16H,3H2,(H,21,22)(H,23,24)(H,11,17,32)(H2,18,19,20)/t5-,6+,7+,9?/m0/s1. The van der Waals surface area contributed by atoms with Crippen molar-refractivity contribution in [2.45, 2.75) is 24.2 Å². The first-order chi connectivity index (χ1) is 14.5. The maximum absolute atomic E-state index is 12.0. The van der Waals surface area contributed by atoms with Gasteiger partial charge in [-0.05, 0) is 11.6 Å². The second-order valence-electron chi connectivity index (χ2n) is 5.86. The molecule has 1 fully saturated rings. The minimum Gasteiger partial charge on any atom is -0.387 e. The van der Waals surface area contributed by atoms with Crippen LogP contribution in [-0.4, -0.2) is 63.9 Å². The highest BCUT2D eigenvalue weighted by atomic mass is 32.1. The lowest BCUT2D eigenvalue weighted by atomic mass is 10.1. The number of H-pyrrole nitrogens is 1. The zero-order valence-electron chi connectivity index (χ0n) is 15.1. The van der Waals surface area contributed by atoms with Crippen molar-refractivity contribution in [2.75, 3.05) is 6.61 Å². The van der Waals surface area contributed by atoms with Crippen LogP contribution in [0.25, 0.3) is 10.4 Å². The van der Waals surface area contributed by atoms with Crippen molar-refractivity contribution in [1.82, 2.24) is 9.55 Å². The Morgan fingerprint density at radius 3 is 2.41 bits per heavy atom. The highest BCUT2D eigenvalue weighted by Crippen LogP contribution is 2.66. The molecule has 32 heavy (non-hydrogen) atoms. The number of hydrogen-bond donors (Lipinski definition) is 7. The van der Waals surface area contributed by atoms with Gasteiger partial charge in [0.15, 0.2) is 6.23 Å². The maximum atomic E-state index is 12.0. The Morgan fingerprint density at radius 2 is 1.88 bits per heavy atom. The number of aliphatic hydroxyl groups excluding tert-OH is 2. The molecule has 0 aliphatic carbocycles. The Bertz CT molecular complexity index is 1170. The summed E-state index contributed by atoms with van der Waals surface area (Å²) in [4.78, 5) is 52.2. The highest BCUT2D eigenvalue weighted by Gasteiger charge is 2.56. The topological polar surface area (TPSA) is 296 Å². The summed E-state index contributed by atoms with van der Waals surface area (Å²) in [6.07, 6.45) is -4.85. The van der Waals surface area contributed by atoms with Crippen LogP contribution in [0.2, 0.25) is 0 Å². The van der Waals surface area contributed by atoms with Crippen LogP contribution in [0.5, 0.6) is 0 Å². The summed E-state index contributed by atoms with van der Waals surface area (Å²) in [7, 11) is -17.2. The van der Waals surface area contributed by atoms with Crippen LogP contribution >= 0.6 is 35.7 Å². The van der Waals surface area contributed by atoms with Gasteiger partial charge in [0.1, 0.15) is 16.8 Å². The molecule has 0 saturated carbocycles. The van der Waals surface area contributed by atoms with Gasteiger partial charge in [-0.25, -0.2) is 18.5 Å². The van der Waals surface area contributed by atoms with E-state index in [1.807, 2.05) is 0 Å². The number of azide groups is 1. The van der Waals surface area contributed by atoms with E-state index in [2.05, 4.69) is 28.2 Å². The third kappa shape index (κ3) is 6.61. The van der Waals surface area contributed by atoms with Crippen molar-refractivity contribution in [3.05, 3.63) is 37.8 Å². The summed E-state index contributed by atoms with van der Waals surface area (Å²) in [6.45, 7) is -1.42. The van der Waals surface area contributed by atoms with E-state index < -0.39 is 59.9 Å². The predicted octanol–water partition coefficient (Wildman–Crippen LogP) is -0.494. The predicted molar refractivity (Wildman–Crippen MR) is 99.7 cm³/mol. The van der Waals surface area contributed by atoms with Gasteiger partial charge in [0.05, 0.1) is 6.61 Å². The second-order valence-corrected chi connectivity index (χ2v) is 10.7. The number of aromatic nitrogens is 2. The number of phosphoric acid groups is 3. The van der Waals surface area contributed by atoms with E-state index in [-0.39, 0.29) is 4.64 Å². The average Bonchev–Trinajstić information content (AvgIpc) is 2.83. The summed E-state index contributed by atoms with van der Waals surface area (Å²) in [5.41, 5.74) is 5.17. The van der Waals surface area contributed by atoms with E-state index in [0.29, 0.717) is 4.57 Å². The van der Waals surface area contributed by atoms with Crippen molar-refractivity contribution in [2.24, 2.45) is 5.11 Å². The van der Waals surface area contributed by atoms with Gasteiger partial charge in [-0.3, -0.25) is 14.1 Å². The molecule has 1 aromatic heterocycles. The first-order valence-corrected chi connectivity index (χ1v) is 12.6. The third-order valence-corrected chi connectivity index (χ3v) is 7.61. The first-order valence-electron chi connectivity index (χ1n) is 7.71. The molecule has 0 bridgehead atoms. The number of aromatic amines is 1. The lowest BCUT2D eigenvalue weighted by Gasteiger charge is -2.27. The zero-order chi connectivity index (χ0) is 24.5. The van der Waals surface area contributed by atoms with Gasteiger partial charge in [-0.15, -0.1) is 0 Å². The molecule has 3 unspecified atom stereocenters. The Morgan fingerprint density at radius 1 is 1.25 bits per heavy atom. The number of ether oxygens (including phenoxy) is 1. The molecular weight excluding hydrogens is 527 g/mol. The van der Waals surface area contributed by atoms with Crippen LogP contribution in [0.15, 0.2) is 22.2 Å². The molecular formula is C9H14N5O14P3S. The van der Waals surface area contributed by atoms with E-state index in [1.165, 1.54) is 6.07 Å². The molecule has 0 amide bonds. The van der Waals surface area contributed by atoms with Crippen molar-refractivity contribution < 1.29 is 61.4 Å². The number of hydrogen-bond acceptors (Lipinski definition) is 12. The van der Waals surface area contributed by atoms with Gasteiger partial charge in [0.2, 0.25) is 5.72 Å². The summed E-state index contributed by atoms with van der Waals surface area (Å²) < 4.78 is 51.2. The number of aliphatic hydroxyl groups is 2. The molecule has 23 heteroatoms. The molecule has 1 aliphatic heterocycles. The SMILES string of the molecule is [N-]=[N+]=NC1(COP(=O)(O)OP(=O)(O)OP(=O)(O)O)O[C@@H](n2ccc(=S)[nH]c2=O)[C@@H](O)[C@H]1O. The van der Waals surface area contributed by atoms with Crippen LogP contribution in [0.1, 0.15) is 6.23 Å². The van der Waals surface area contributed by atoms with Crippen molar-refractivity contribution in [3.8, 4) is 0 Å². The van der Waals surface area contributed by atoms with E-state index in [1.54, 1.807) is 0 Å². The zero-order valence-corrected chi connectivity index (χ0v) is 18.6. The Kier molecular flexibility index (Phi) is 8.01. The van der Waals surface area contributed by atoms with E-state index in [0.717, 1.165) is 6.20 Å². The van der Waals surface area contributed by atoms with E-state index in [4.69, 9.17) is 37.2 Å². The highest BCUT2D eigenvalue weighted by molar-refractivity contribution is 7.71. The summed E-state index contributed by atoms with van der Waals surface area (Å²) in [6, 6.07) is 1.21. The second kappa shape index (κ2) is 9.52. The van der Waals surface area contributed by atoms with Crippen molar-refractivity contribution in [3.63, 3.8) is 0 Å². The van der Waals surface area contributed by atoms with Crippen LogP contribution in [-0.2, 0) is 31.6 Å². The lowest BCUT2D eigenvalue weighted by molar-refractivity contribution is -0.123. The van der Waals surface area contributed by atoms with Gasteiger partial charge in [-0.2, -0.15) is 8.62 Å². The first kappa shape index (κ1) is 26.9. The quantitative estimate of drug-likeness (QED) is 0.0682. The van der Waals surface area contributed by atoms with Gasteiger partial charge >= 0.3 is 29.2 Å². The molecule has 1 aromatic rings. The molecule has 0 radical (unpaired) electrons. The molecule has 0 spiro atoms. The molecule has 6 atom stereocenters. The molecule has 2 heterocycles. The average molecular weight is 541 g/mol. The third-order valence-electron chi connectivity index (χ3n) is 3.59. The van der Waals surface area contributed by atoms with Crippen LogP contribution in [0.4, 0.5) is 0 Å². The summed E-state index contributed by atoms with van der Waals surface area (Å²) in [5.74, 6) is 0. The van der Waals surface area contributed by atoms with Crippen molar-refractivity contribution in [1.29, 1.82) is 0 Å². The summed E-state index contributed by atoms with van der Waals surface area (Å²) in [5, 5.41) is 23.6. The normalized spacial score (nSPS) is 29.6. The Labute approximate surface area is 180 Å². The number of phosphoric ester groups is 1. The fraction of sp³-hybridized carbons (Fsp3) is 0.556. The van der Waals surface area contributed by atoms with Gasteiger partial charge in [-0.1, -0.05) is 17.3 Å². The molecule has 0 aromatic carbocycles. The molecule has 1 aliphatic rings. The lowest BCUT2D eigenvalue weighted by Crippen LogP contribution is -2.44. The van der Waals surface area contributed by atoms with Gasteiger partial charge < -0.3 is 34.5 Å². The Balaban J connectivity index is 2.28. The minimum absolute atomic E-state index is 0.00764. The molecule has 1 saturated heterocycles. The molecule has 180 valence electrons. The van der Waals surface area contributed by atoms with Crippen LogP contribution < -0.4 is 5.69 Å². The monoisotopic (exact) mass is 541 g/mol. The van der Waals surface area contributed by atoms with Crippen LogP contribution in [0, 0.1) is 4.64 Å². The van der Waals surface area contributed by atoms with E-state index >= 15 is 0 Å². The van der Waals surface area contributed by atoms with Gasteiger partial charge in [0, 0.05) is 11.1 Å². The number of nitrogens with zero attached hydrogens (tertiary/aromatic N) is 4. The Hall–Kier alpha value is -1.30. The molecule has 2 rings (SSSR count). The molecule has 19 nitrogen and oxygen atoms in total. The maximum Gasteiger partial charge on any atom is 0.490 e. The van der Waals surface area contributed by atoms with Crippen molar-refractivity contribution >= 4 is 35.7 Å². The van der Waals surface area contributed by atoms with E-state index in [9.17, 15) is 33.6 Å².